The summed E-state index contributed by atoms with van der Waals surface area (Å²) in [5, 5.41) is 0. The van der Waals surface area contributed by atoms with E-state index in [1.54, 1.807) is 13.2 Å². The third kappa shape index (κ3) is 1.61. The summed E-state index contributed by atoms with van der Waals surface area (Å²) in [6.07, 6.45) is 0. The average molecular weight is 237 g/mol. The molecule has 2 aromatic carbocycles. The summed E-state index contributed by atoms with van der Waals surface area (Å²) in [6.45, 7) is 0. The normalized spacial score (nSPS) is 13.2. The number of hydrogen-bond acceptors (Lipinski definition) is 2. The van der Waals surface area contributed by atoms with Crippen molar-refractivity contribution in [3.8, 4) is 5.75 Å². The van der Waals surface area contributed by atoms with Gasteiger partial charge in [-0.05, 0) is 30.3 Å². The van der Waals surface area contributed by atoms with Crippen LogP contribution in [0.25, 0.3) is 0 Å². The first-order chi connectivity index (χ1) is 8.79. The molecule has 0 aromatic heterocycles. The van der Waals surface area contributed by atoms with Gasteiger partial charge in [0.2, 0.25) is 0 Å². The summed E-state index contributed by atoms with van der Waals surface area (Å²) < 4.78 is 5.12. The predicted molar refractivity (Wildman–Crippen MR) is 69.4 cm³/mol. The maximum atomic E-state index is 11.8. The minimum absolute atomic E-state index is 0.170. The van der Waals surface area contributed by atoms with E-state index < -0.39 is 0 Å². The molecule has 1 aliphatic heterocycles. The van der Waals surface area contributed by atoms with Crippen LogP contribution < -0.4 is 4.74 Å². The maximum Gasteiger partial charge on any atom is 0.278 e. The Bertz CT molecular complexity index is 642. The van der Waals surface area contributed by atoms with Crippen molar-refractivity contribution in [3.63, 3.8) is 0 Å². The molecule has 0 radical (unpaired) electrons. The molecule has 2 aromatic rings. The van der Waals surface area contributed by atoms with Gasteiger partial charge in [0.05, 0.1) is 18.4 Å². The Balaban J connectivity index is 2.08. The van der Waals surface area contributed by atoms with Crippen molar-refractivity contribution < 1.29 is 9.53 Å². The average Bonchev–Trinajstić information content (AvgIpc) is 2.77. The smallest absolute Gasteiger partial charge is 0.278 e. The summed E-state index contributed by atoms with van der Waals surface area (Å²) in [7, 11) is 1.63. The van der Waals surface area contributed by atoms with Gasteiger partial charge >= 0.3 is 0 Å². The van der Waals surface area contributed by atoms with Gasteiger partial charge in [-0.3, -0.25) is 4.79 Å². The van der Waals surface area contributed by atoms with Gasteiger partial charge in [-0.15, -0.1) is 0 Å². The second-order valence-electron chi connectivity index (χ2n) is 4.04. The van der Waals surface area contributed by atoms with E-state index in [4.69, 9.17) is 4.74 Å². The van der Waals surface area contributed by atoms with Crippen LogP contribution in [-0.4, -0.2) is 18.7 Å². The molecule has 0 saturated carbocycles. The van der Waals surface area contributed by atoms with Crippen LogP contribution in [0.2, 0.25) is 0 Å². The van der Waals surface area contributed by atoms with Crippen LogP contribution in [-0.2, 0) is 0 Å². The number of ether oxygens (including phenoxy) is 1. The molecule has 0 spiro atoms. The molecular weight excluding hydrogens is 226 g/mol. The molecule has 0 unspecified atom stereocenters. The lowest BCUT2D eigenvalue weighted by Crippen LogP contribution is -2.00. The zero-order chi connectivity index (χ0) is 12.5. The molecule has 0 saturated heterocycles. The van der Waals surface area contributed by atoms with Crippen LogP contribution in [0.15, 0.2) is 53.5 Å². The zero-order valence-electron chi connectivity index (χ0n) is 9.88. The highest BCUT2D eigenvalue weighted by Gasteiger charge is 2.23. The first-order valence-electron chi connectivity index (χ1n) is 5.66. The molecular formula is C15H11NO2. The van der Waals surface area contributed by atoms with Gasteiger partial charge in [-0.25, -0.2) is 4.99 Å². The van der Waals surface area contributed by atoms with Crippen LogP contribution in [0.5, 0.6) is 5.75 Å². The number of rotatable bonds is 2. The monoisotopic (exact) mass is 237 g/mol. The summed E-state index contributed by atoms with van der Waals surface area (Å²) in [4.78, 5) is 15.9. The lowest BCUT2D eigenvalue weighted by atomic mass is 10.0. The number of carbonyl (C=O) groups excluding carboxylic acids is 1. The van der Waals surface area contributed by atoms with Crippen molar-refractivity contribution in [1.82, 2.24) is 0 Å². The fraction of sp³-hybridized carbons (Fsp3) is 0.0667. The van der Waals surface area contributed by atoms with E-state index in [-0.39, 0.29) is 5.91 Å². The number of nitrogens with zero attached hydrogens (tertiary/aromatic N) is 1. The van der Waals surface area contributed by atoms with Gasteiger partial charge in [0.15, 0.2) is 0 Å². The van der Waals surface area contributed by atoms with Crippen LogP contribution in [0.1, 0.15) is 21.5 Å². The van der Waals surface area contributed by atoms with Crippen molar-refractivity contribution >= 4 is 11.6 Å². The highest BCUT2D eigenvalue weighted by Crippen LogP contribution is 2.23. The molecule has 1 heterocycles. The van der Waals surface area contributed by atoms with E-state index in [0.29, 0.717) is 5.56 Å². The van der Waals surface area contributed by atoms with Crippen molar-refractivity contribution in [2.45, 2.75) is 0 Å². The fourth-order valence-corrected chi connectivity index (χ4v) is 2.07. The highest BCUT2D eigenvalue weighted by molar-refractivity contribution is 6.27. The van der Waals surface area contributed by atoms with Crippen LogP contribution in [0, 0.1) is 0 Å². The van der Waals surface area contributed by atoms with E-state index in [1.165, 1.54) is 0 Å². The number of methoxy groups -OCH3 is 1. The summed E-state index contributed by atoms with van der Waals surface area (Å²) >= 11 is 0. The molecule has 18 heavy (non-hydrogen) atoms. The fourth-order valence-electron chi connectivity index (χ4n) is 2.07. The first kappa shape index (κ1) is 10.7. The molecule has 0 bridgehead atoms. The number of carbonyl (C=O) groups is 1. The quantitative estimate of drug-likeness (QED) is 0.805. The Labute approximate surface area is 105 Å². The molecule has 3 heteroatoms. The third-order valence-electron chi connectivity index (χ3n) is 2.99. The van der Waals surface area contributed by atoms with E-state index in [0.717, 1.165) is 22.6 Å². The molecule has 3 nitrogen and oxygen atoms in total. The zero-order valence-corrected chi connectivity index (χ0v) is 9.88. The molecule has 0 aliphatic carbocycles. The second kappa shape index (κ2) is 4.11. The number of aliphatic imine (C=N–C) groups is 1. The highest BCUT2D eigenvalue weighted by atomic mass is 16.5. The topological polar surface area (TPSA) is 38.7 Å². The van der Waals surface area contributed by atoms with Gasteiger partial charge < -0.3 is 4.74 Å². The minimum Gasteiger partial charge on any atom is -0.497 e. The van der Waals surface area contributed by atoms with E-state index >= 15 is 0 Å². The van der Waals surface area contributed by atoms with Crippen molar-refractivity contribution in [2.24, 2.45) is 4.99 Å². The van der Waals surface area contributed by atoms with Crippen molar-refractivity contribution in [1.29, 1.82) is 0 Å². The molecule has 3 rings (SSSR count). The Morgan fingerprint density at radius 2 is 1.61 bits per heavy atom. The predicted octanol–water partition coefficient (Wildman–Crippen LogP) is 2.69. The summed E-state index contributed by atoms with van der Waals surface area (Å²) in [5.41, 5.74) is 3.23. The lowest BCUT2D eigenvalue weighted by molar-refractivity contribution is 0.101. The van der Waals surface area contributed by atoms with Crippen molar-refractivity contribution in [3.05, 3.63) is 65.2 Å². The van der Waals surface area contributed by atoms with Gasteiger partial charge in [0.1, 0.15) is 5.75 Å². The first-order valence-corrected chi connectivity index (χ1v) is 5.66. The Morgan fingerprint density at radius 3 is 2.28 bits per heavy atom. The SMILES string of the molecule is COc1ccc(C2=NC(=O)c3ccccc32)cc1. The molecule has 1 aliphatic rings. The van der Waals surface area contributed by atoms with E-state index in [1.807, 2.05) is 42.5 Å². The number of hydrogen-bond donors (Lipinski definition) is 0. The largest absolute Gasteiger partial charge is 0.497 e. The Kier molecular flexibility index (Phi) is 2.45. The Hall–Kier alpha value is -2.42. The molecule has 0 fully saturated rings. The summed E-state index contributed by atoms with van der Waals surface area (Å²) in [5.74, 6) is 0.619. The van der Waals surface area contributed by atoms with Crippen LogP contribution >= 0.6 is 0 Å². The molecule has 0 atom stereocenters. The number of fused-ring (bicyclic) bond motifs is 1. The van der Waals surface area contributed by atoms with Gasteiger partial charge in [-0.1, -0.05) is 18.2 Å². The number of benzene rings is 2. The van der Waals surface area contributed by atoms with Crippen molar-refractivity contribution in [2.75, 3.05) is 7.11 Å². The number of amides is 1. The third-order valence-corrected chi connectivity index (χ3v) is 2.99. The molecule has 0 N–H and O–H groups in total. The van der Waals surface area contributed by atoms with E-state index in [9.17, 15) is 4.79 Å². The van der Waals surface area contributed by atoms with Gasteiger partial charge in [0, 0.05) is 11.1 Å². The molecule has 88 valence electrons. The van der Waals surface area contributed by atoms with Crippen LogP contribution in [0.3, 0.4) is 0 Å². The molecule has 1 amide bonds. The van der Waals surface area contributed by atoms with Crippen LogP contribution in [0.4, 0.5) is 0 Å². The summed E-state index contributed by atoms with van der Waals surface area (Å²) in [6, 6.07) is 15.0. The van der Waals surface area contributed by atoms with Gasteiger partial charge in [0.25, 0.3) is 5.91 Å². The standard InChI is InChI=1S/C15H11NO2/c1-18-11-8-6-10(7-9-11)14-12-4-2-3-5-13(12)15(17)16-14/h2-9H,1H3. The maximum absolute atomic E-state index is 11.8. The minimum atomic E-state index is -0.170. The van der Waals surface area contributed by atoms with Gasteiger partial charge in [-0.2, -0.15) is 0 Å². The second-order valence-corrected chi connectivity index (χ2v) is 4.04. The Morgan fingerprint density at radius 1 is 0.944 bits per heavy atom. The van der Waals surface area contributed by atoms with E-state index in [2.05, 4.69) is 4.99 Å². The lowest BCUT2D eigenvalue weighted by Gasteiger charge is -2.04.